The summed E-state index contributed by atoms with van der Waals surface area (Å²) in [6.07, 6.45) is 4.22. The first-order chi connectivity index (χ1) is 13.8. The number of hydrogen-bond acceptors (Lipinski definition) is 3. The van der Waals surface area contributed by atoms with E-state index in [1.165, 1.54) is 3.97 Å². The fourth-order valence-electron chi connectivity index (χ4n) is 3.42. The third kappa shape index (κ3) is 4.82. The van der Waals surface area contributed by atoms with Crippen molar-refractivity contribution in [3.8, 4) is 0 Å². The van der Waals surface area contributed by atoms with E-state index < -0.39 is 16.0 Å². The number of unbranched alkanes of at least 4 members (excludes halogenated alkanes) is 2. The van der Waals surface area contributed by atoms with Crippen molar-refractivity contribution in [2.24, 2.45) is 0 Å². The van der Waals surface area contributed by atoms with E-state index in [0.717, 1.165) is 31.2 Å². The molecule has 0 fully saturated rings. The minimum atomic E-state index is -3.87. The number of nitrogens with zero attached hydrogens (tertiary/aromatic N) is 1. The summed E-state index contributed by atoms with van der Waals surface area (Å²) in [7, 11) is -3.87. The molecule has 5 nitrogen and oxygen atoms in total. The molecule has 0 amide bonds. The normalized spacial score (nSPS) is 11.8. The quantitative estimate of drug-likeness (QED) is 0.465. The molecule has 0 aliphatic carbocycles. The summed E-state index contributed by atoms with van der Waals surface area (Å²) in [6, 6.07) is 13.6. The SMILES string of the molecule is CCCCCc1ccc(S(=O)(=O)n2c(CCC(=O)O)cc3cc(Cl)ccc32)cc1. The van der Waals surface area contributed by atoms with Crippen LogP contribution in [0.1, 0.15) is 43.9 Å². The number of hydrogen-bond donors (Lipinski definition) is 1. The zero-order valence-corrected chi connectivity index (χ0v) is 17.8. The Morgan fingerprint density at radius 2 is 1.76 bits per heavy atom. The molecule has 154 valence electrons. The van der Waals surface area contributed by atoms with Gasteiger partial charge in [0.05, 0.1) is 16.8 Å². The summed E-state index contributed by atoms with van der Waals surface area (Å²) in [5.41, 5.74) is 2.02. The molecule has 3 rings (SSSR count). The largest absolute Gasteiger partial charge is 0.481 e. The second-order valence-electron chi connectivity index (χ2n) is 7.10. The van der Waals surface area contributed by atoms with E-state index in [4.69, 9.17) is 16.7 Å². The van der Waals surface area contributed by atoms with Crippen LogP contribution in [0.4, 0.5) is 0 Å². The molecular formula is C22H24ClNO4S. The number of carbonyl (C=O) groups is 1. The van der Waals surface area contributed by atoms with Gasteiger partial charge in [-0.1, -0.05) is 43.5 Å². The maximum Gasteiger partial charge on any atom is 0.303 e. The van der Waals surface area contributed by atoms with Crippen molar-refractivity contribution in [1.29, 1.82) is 0 Å². The molecule has 0 bridgehead atoms. The molecule has 0 saturated heterocycles. The van der Waals surface area contributed by atoms with Crippen LogP contribution >= 0.6 is 11.6 Å². The van der Waals surface area contributed by atoms with Gasteiger partial charge in [-0.15, -0.1) is 0 Å². The molecule has 0 unspecified atom stereocenters. The minimum absolute atomic E-state index is 0.107. The highest BCUT2D eigenvalue weighted by molar-refractivity contribution is 7.90. The van der Waals surface area contributed by atoms with Gasteiger partial charge in [0.15, 0.2) is 0 Å². The van der Waals surface area contributed by atoms with Crippen LogP contribution in [0.2, 0.25) is 5.02 Å². The van der Waals surface area contributed by atoms with E-state index in [9.17, 15) is 13.2 Å². The predicted molar refractivity (Wildman–Crippen MR) is 115 cm³/mol. The monoisotopic (exact) mass is 433 g/mol. The summed E-state index contributed by atoms with van der Waals surface area (Å²) in [5, 5.41) is 10.2. The Morgan fingerprint density at radius 1 is 1.03 bits per heavy atom. The number of fused-ring (bicyclic) bond motifs is 1. The van der Waals surface area contributed by atoms with Gasteiger partial charge in [0, 0.05) is 16.1 Å². The van der Waals surface area contributed by atoms with Crippen LogP contribution < -0.4 is 0 Å². The molecule has 1 aromatic heterocycles. The zero-order valence-electron chi connectivity index (χ0n) is 16.3. The molecular weight excluding hydrogens is 410 g/mol. The lowest BCUT2D eigenvalue weighted by atomic mass is 10.1. The Hall–Kier alpha value is -2.31. The molecule has 7 heteroatoms. The van der Waals surface area contributed by atoms with Gasteiger partial charge in [0.1, 0.15) is 0 Å². The number of rotatable bonds is 9. The summed E-state index contributed by atoms with van der Waals surface area (Å²) in [5.74, 6) is -0.978. The third-order valence-electron chi connectivity index (χ3n) is 4.92. The first-order valence-electron chi connectivity index (χ1n) is 9.69. The van der Waals surface area contributed by atoms with Crippen molar-refractivity contribution in [2.75, 3.05) is 0 Å². The molecule has 3 aromatic rings. The third-order valence-corrected chi connectivity index (χ3v) is 6.93. The van der Waals surface area contributed by atoms with E-state index in [-0.39, 0.29) is 17.7 Å². The van der Waals surface area contributed by atoms with Gasteiger partial charge in [0.25, 0.3) is 10.0 Å². The standard InChI is InChI=1S/C22H24ClNO4S/c1-2-3-4-5-16-6-10-20(11-7-16)29(27,28)24-19(9-13-22(25)26)15-17-14-18(23)8-12-21(17)24/h6-8,10-12,14-15H,2-5,9,13H2,1H3,(H,25,26). The molecule has 1 N–H and O–H groups in total. The summed E-state index contributed by atoms with van der Waals surface area (Å²) in [4.78, 5) is 11.2. The second kappa shape index (κ2) is 9.01. The van der Waals surface area contributed by atoms with Crippen LogP contribution in [0.15, 0.2) is 53.4 Å². The first kappa shape index (κ1) is 21.4. The van der Waals surface area contributed by atoms with E-state index in [1.54, 1.807) is 36.4 Å². The lowest BCUT2D eigenvalue weighted by Crippen LogP contribution is -2.16. The van der Waals surface area contributed by atoms with Crippen LogP contribution in [0.3, 0.4) is 0 Å². The number of carboxylic acids is 1. The van der Waals surface area contributed by atoms with E-state index in [1.807, 2.05) is 12.1 Å². The number of aliphatic carboxylic acids is 1. The Kier molecular flexibility index (Phi) is 6.65. The molecule has 29 heavy (non-hydrogen) atoms. The Balaban J connectivity index is 2.02. The maximum absolute atomic E-state index is 13.4. The summed E-state index contributed by atoms with van der Waals surface area (Å²) in [6.45, 7) is 2.15. The van der Waals surface area contributed by atoms with Gasteiger partial charge in [-0.2, -0.15) is 0 Å². The highest BCUT2D eigenvalue weighted by Crippen LogP contribution is 2.29. The second-order valence-corrected chi connectivity index (χ2v) is 9.33. The molecule has 0 saturated carbocycles. The van der Waals surface area contributed by atoms with Crippen molar-refractivity contribution in [3.05, 3.63) is 64.8 Å². The van der Waals surface area contributed by atoms with Crippen molar-refractivity contribution in [1.82, 2.24) is 3.97 Å². The van der Waals surface area contributed by atoms with Gasteiger partial charge in [-0.05, 0) is 61.2 Å². The van der Waals surface area contributed by atoms with E-state index in [2.05, 4.69) is 6.92 Å². The Labute approximate surface area is 176 Å². The molecule has 0 aliphatic heterocycles. The average Bonchev–Trinajstić information content (AvgIpc) is 3.05. The summed E-state index contributed by atoms with van der Waals surface area (Å²) >= 11 is 6.06. The molecule has 0 radical (unpaired) electrons. The van der Waals surface area contributed by atoms with Crippen LogP contribution in [-0.4, -0.2) is 23.5 Å². The predicted octanol–water partition coefficient (Wildman–Crippen LogP) is 5.28. The van der Waals surface area contributed by atoms with Crippen LogP contribution in [-0.2, 0) is 27.7 Å². The van der Waals surface area contributed by atoms with Crippen molar-refractivity contribution in [3.63, 3.8) is 0 Å². The van der Waals surface area contributed by atoms with Crippen molar-refractivity contribution >= 4 is 38.5 Å². The van der Waals surface area contributed by atoms with Gasteiger partial charge >= 0.3 is 5.97 Å². The van der Waals surface area contributed by atoms with Crippen LogP contribution in [0.25, 0.3) is 10.9 Å². The lowest BCUT2D eigenvalue weighted by Gasteiger charge is -2.12. The Bertz CT molecular complexity index is 1120. The fraction of sp³-hybridized carbons (Fsp3) is 0.318. The van der Waals surface area contributed by atoms with Gasteiger partial charge in [-0.3, -0.25) is 4.79 Å². The average molecular weight is 434 g/mol. The van der Waals surface area contributed by atoms with Gasteiger partial charge in [0.2, 0.25) is 0 Å². The molecule has 2 aromatic carbocycles. The van der Waals surface area contributed by atoms with E-state index in [0.29, 0.717) is 21.6 Å². The zero-order chi connectivity index (χ0) is 21.0. The highest BCUT2D eigenvalue weighted by atomic mass is 35.5. The van der Waals surface area contributed by atoms with Crippen LogP contribution in [0.5, 0.6) is 0 Å². The number of carboxylic acid groups (broad SMARTS) is 1. The topological polar surface area (TPSA) is 76.4 Å². The van der Waals surface area contributed by atoms with Crippen molar-refractivity contribution < 1.29 is 18.3 Å². The maximum atomic E-state index is 13.4. The van der Waals surface area contributed by atoms with E-state index >= 15 is 0 Å². The minimum Gasteiger partial charge on any atom is -0.481 e. The summed E-state index contributed by atoms with van der Waals surface area (Å²) < 4.78 is 28.1. The van der Waals surface area contributed by atoms with Gasteiger partial charge in [-0.25, -0.2) is 12.4 Å². The van der Waals surface area contributed by atoms with Gasteiger partial charge < -0.3 is 5.11 Å². The molecule has 0 atom stereocenters. The molecule has 1 heterocycles. The van der Waals surface area contributed by atoms with Crippen molar-refractivity contribution in [2.45, 2.75) is 50.3 Å². The number of aromatic nitrogens is 1. The Morgan fingerprint density at radius 3 is 2.41 bits per heavy atom. The molecule has 0 aliphatic rings. The lowest BCUT2D eigenvalue weighted by molar-refractivity contribution is -0.136. The fourth-order valence-corrected chi connectivity index (χ4v) is 5.17. The number of benzene rings is 2. The van der Waals surface area contributed by atoms with Crippen LogP contribution in [0, 0.1) is 0 Å². The highest BCUT2D eigenvalue weighted by Gasteiger charge is 2.23. The smallest absolute Gasteiger partial charge is 0.303 e. The molecule has 0 spiro atoms. The number of halogens is 1. The first-order valence-corrected chi connectivity index (χ1v) is 11.5. The number of aryl methyl sites for hydroxylation is 2.